The Hall–Kier alpha value is -2.09. The van der Waals surface area contributed by atoms with E-state index >= 15 is 0 Å². The van der Waals surface area contributed by atoms with Crippen LogP contribution in [0.15, 0.2) is 4.99 Å². The van der Waals surface area contributed by atoms with Crippen molar-refractivity contribution in [3.05, 3.63) is 17.0 Å². The first-order chi connectivity index (χ1) is 13.8. The van der Waals surface area contributed by atoms with Crippen LogP contribution in [0.5, 0.6) is 0 Å². The molecule has 2 heterocycles. The van der Waals surface area contributed by atoms with Crippen LogP contribution in [0.2, 0.25) is 0 Å². The first-order valence-corrected chi connectivity index (χ1v) is 10.8. The molecule has 0 aliphatic carbocycles. The van der Waals surface area contributed by atoms with Crippen LogP contribution in [0, 0.1) is 19.8 Å². The third-order valence-corrected chi connectivity index (χ3v) is 5.96. The smallest absolute Gasteiger partial charge is 0.220 e. The molecule has 1 atom stereocenters. The van der Waals surface area contributed by atoms with Crippen molar-refractivity contribution in [1.29, 1.82) is 0 Å². The molecule has 8 heteroatoms. The molecule has 8 nitrogen and oxygen atoms in total. The quantitative estimate of drug-likeness (QED) is 0.325. The van der Waals surface area contributed by atoms with Gasteiger partial charge < -0.3 is 21.3 Å². The Morgan fingerprint density at radius 1 is 1.31 bits per heavy atom. The third-order valence-electron chi connectivity index (χ3n) is 5.96. The number of primary amides is 1. The van der Waals surface area contributed by atoms with Crippen molar-refractivity contribution in [3.8, 4) is 0 Å². The molecule has 1 fully saturated rings. The number of nitrogens with two attached hydrogens (primary N) is 1. The second-order valence-corrected chi connectivity index (χ2v) is 8.25. The van der Waals surface area contributed by atoms with E-state index in [1.165, 1.54) is 11.3 Å². The molecule has 1 aromatic rings. The zero-order valence-electron chi connectivity index (χ0n) is 18.8. The summed E-state index contributed by atoms with van der Waals surface area (Å²) in [5, 5.41) is 11.4. The van der Waals surface area contributed by atoms with Gasteiger partial charge in [0, 0.05) is 38.3 Å². The summed E-state index contributed by atoms with van der Waals surface area (Å²) >= 11 is 0. The Kier molecular flexibility index (Phi) is 8.95. The van der Waals surface area contributed by atoms with Gasteiger partial charge in [0.25, 0.3) is 0 Å². The van der Waals surface area contributed by atoms with Gasteiger partial charge in [-0.2, -0.15) is 5.10 Å². The van der Waals surface area contributed by atoms with Crippen molar-refractivity contribution < 1.29 is 4.79 Å². The summed E-state index contributed by atoms with van der Waals surface area (Å²) in [5.74, 6) is 0.776. The number of aromatic nitrogens is 2. The lowest BCUT2D eigenvalue weighted by Gasteiger charge is -2.30. The van der Waals surface area contributed by atoms with Crippen molar-refractivity contribution in [3.63, 3.8) is 0 Å². The van der Waals surface area contributed by atoms with E-state index in [0.717, 1.165) is 69.9 Å². The van der Waals surface area contributed by atoms with Gasteiger partial charge in [-0.25, -0.2) is 0 Å². The fourth-order valence-corrected chi connectivity index (χ4v) is 4.01. The first-order valence-electron chi connectivity index (χ1n) is 10.8. The molecule has 1 aliphatic rings. The average Bonchev–Trinajstić information content (AvgIpc) is 2.93. The van der Waals surface area contributed by atoms with Gasteiger partial charge in [0.05, 0.1) is 5.69 Å². The number of guanidine groups is 1. The predicted octanol–water partition coefficient (Wildman–Crippen LogP) is 1.11. The molecular formula is C21H39N7O. The maximum atomic E-state index is 11.2. The summed E-state index contributed by atoms with van der Waals surface area (Å²) in [6, 6.07) is 0.273. The summed E-state index contributed by atoms with van der Waals surface area (Å²) < 4.78 is 1.95. The second-order valence-electron chi connectivity index (χ2n) is 8.25. The van der Waals surface area contributed by atoms with Crippen molar-refractivity contribution in [2.45, 2.75) is 58.9 Å². The molecule has 1 aliphatic heterocycles. The zero-order valence-corrected chi connectivity index (χ0v) is 18.8. The Morgan fingerprint density at radius 2 is 2.00 bits per heavy atom. The second kappa shape index (κ2) is 11.2. The number of likely N-dealkylation sites (tertiary alicyclic amines) is 1. The van der Waals surface area contributed by atoms with Crippen LogP contribution in [-0.4, -0.2) is 65.8 Å². The van der Waals surface area contributed by atoms with Gasteiger partial charge in [-0.05, 0) is 78.1 Å². The van der Waals surface area contributed by atoms with E-state index in [4.69, 9.17) is 5.73 Å². The number of piperidine rings is 1. The monoisotopic (exact) mass is 405 g/mol. The zero-order chi connectivity index (χ0) is 21.4. The van der Waals surface area contributed by atoms with Crippen LogP contribution in [0.4, 0.5) is 0 Å². The minimum Gasteiger partial charge on any atom is -0.369 e. The maximum absolute atomic E-state index is 11.2. The summed E-state index contributed by atoms with van der Waals surface area (Å²) in [5.41, 5.74) is 9.03. The lowest BCUT2D eigenvalue weighted by molar-refractivity contribution is -0.123. The lowest BCUT2D eigenvalue weighted by atomic mass is 9.96. The third kappa shape index (κ3) is 7.03. The minimum atomic E-state index is -0.143. The highest BCUT2D eigenvalue weighted by Crippen LogP contribution is 2.17. The van der Waals surface area contributed by atoms with Gasteiger partial charge in [0.1, 0.15) is 0 Å². The fraction of sp³-hybridized carbons (Fsp3) is 0.762. The fourth-order valence-electron chi connectivity index (χ4n) is 4.01. The van der Waals surface area contributed by atoms with Gasteiger partial charge in [-0.3, -0.25) is 14.5 Å². The van der Waals surface area contributed by atoms with E-state index in [2.05, 4.69) is 46.4 Å². The number of hydrogen-bond acceptors (Lipinski definition) is 4. The van der Waals surface area contributed by atoms with Gasteiger partial charge in [0.2, 0.25) is 5.91 Å². The van der Waals surface area contributed by atoms with E-state index in [1.807, 2.05) is 18.8 Å². The Labute approximate surface area is 175 Å². The first kappa shape index (κ1) is 23.2. The van der Waals surface area contributed by atoms with Crippen LogP contribution >= 0.6 is 0 Å². The molecule has 0 bridgehead atoms. The Morgan fingerprint density at radius 3 is 2.55 bits per heavy atom. The molecule has 0 aromatic carbocycles. The highest BCUT2D eigenvalue weighted by atomic mass is 16.1. The normalized spacial score (nSPS) is 17.3. The van der Waals surface area contributed by atoms with Gasteiger partial charge in [0.15, 0.2) is 5.96 Å². The molecular weight excluding hydrogens is 366 g/mol. The van der Waals surface area contributed by atoms with E-state index in [9.17, 15) is 4.79 Å². The molecule has 1 unspecified atom stereocenters. The van der Waals surface area contributed by atoms with Gasteiger partial charge in [-0.1, -0.05) is 0 Å². The number of unbranched alkanes of at least 4 members (excludes halogenated alkanes) is 1. The maximum Gasteiger partial charge on any atom is 0.220 e. The van der Waals surface area contributed by atoms with Gasteiger partial charge in [-0.15, -0.1) is 0 Å². The molecule has 0 radical (unpaired) electrons. The summed E-state index contributed by atoms with van der Waals surface area (Å²) in [4.78, 5) is 18.0. The van der Waals surface area contributed by atoms with E-state index < -0.39 is 0 Å². The van der Waals surface area contributed by atoms with Gasteiger partial charge >= 0.3 is 0 Å². The van der Waals surface area contributed by atoms with E-state index in [1.54, 1.807) is 0 Å². The molecule has 1 aromatic heterocycles. The number of nitrogens with zero attached hydrogens (tertiary/aromatic N) is 4. The number of hydrogen-bond donors (Lipinski definition) is 3. The molecule has 0 saturated carbocycles. The highest BCUT2D eigenvalue weighted by molar-refractivity contribution is 5.79. The minimum absolute atomic E-state index is 0.0727. The largest absolute Gasteiger partial charge is 0.369 e. The summed E-state index contributed by atoms with van der Waals surface area (Å²) in [7, 11) is 3.80. The number of aliphatic imine (C=N–C) groups is 1. The SMILES string of the molecule is CN=C(NCCCCN1CCC(C(N)=O)CC1)NC(C)Cc1c(C)nn(C)c1C. The molecule has 2 rings (SSSR count). The number of amides is 1. The number of nitrogens with one attached hydrogen (secondary N) is 2. The molecule has 1 saturated heterocycles. The summed E-state index contributed by atoms with van der Waals surface area (Å²) in [6.07, 6.45) is 4.95. The lowest BCUT2D eigenvalue weighted by Crippen LogP contribution is -2.43. The topological polar surface area (TPSA) is 101 Å². The van der Waals surface area contributed by atoms with Crippen LogP contribution in [-0.2, 0) is 18.3 Å². The Balaban J connectivity index is 1.63. The number of carbonyl (C=O) groups excluding carboxylic acids is 1. The van der Waals surface area contributed by atoms with Crippen molar-refractivity contribution in [2.24, 2.45) is 23.7 Å². The van der Waals surface area contributed by atoms with E-state index in [0.29, 0.717) is 0 Å². The standard InChI is InChI=1S/C21H39N7O/c1-15(14-19-16(2)26-27(5)17(19)3)25-21(23-4)24-10-6-7-11-28-12-8-18(9-13-28)20(22)29/h15,18H,6-14H2,1-5H3,(H2,22,29)(H2,23,24,25). The molecule has 1 amide bonds. The van der Waals surface area contributed by atoms with Crippen molar-refractivity contribution >= 4 is 11.9 Å². The molecule has 164 valence electrons. The average molecular weight is 406 g/mol. The molecule has 0 spiro atoms. The number of carbonyl (C=O) groups is 1. The Bertz CT molecular complexity index is 689. The van der Waals surface area contributed by atoms with Crippen LogP contribution in [0.3, 0.4) is 0 Å². The van der Waals surface area contributed by atoms with Crippen molar-refractivity contribution in [2.75, 3.05) is 33.2 Å². The number of rotatable bonds is 9. The van der Waals surface area contributed by atoms with Crippen molar-refractivity contribution in [1.82, 2.24) is 25.3 Å². The molecule has 4 N–H and O–H groups in total. The number of aryl methyl sites for hydroxylation is 2. The van der Waals surface area contributed by atoms with Crippen LogP contribution in [0.1, 0.15) is 49.6 Å². The summed E-state index contributed by atoms with van der Waals surface area (Å²) in [6.45, 7) is 10.3. The van der Waals surface area contributed by atoms with Crippen LogP contribution in [0.25, 0.3) is 0 Å². The van der Waals surface area contributed by atoms with E-state index in [-0.39, 0.29) is 17.9 Å². The molecule has 29 heavy (non-hydrogen) atoms. The predicted molar refractivity (Wildman–Crippen MR) is 118 cm³/mol. The van der Waals surface area contributed by atoms with Crippen LogP contribution < -0.4 is 16.4 Å². The highest BCUT2D eigenvalue weighted by Gasteiger charge is 2.22.